The fourth-order valence-electron chi connectivity index (χ4n) is 3.99. The zero-order valence-corrected chi connectivity index (χ0v) is 14.1. The van der Waals surface area contributed by atoms with Gasteiger partial charge in [0.05, 0.1) is 6.10 Å². The summed E-state index contributed by atoms with van der Waals surface area (Å²) in [5, 5.41) is 9.80. The highest BCUT2D eigenvalue weighted by Crippen LogP contribution is 2.47. The van der Waals surface area contributed by atoms with Crippen molar-refractivity contribution in [2.75, 3.05) is 0 Å². The SMILES string of the molecule is Cc1cc2c(cc1C1=CC(O)CC1)C(C)(C)CCC2(C)C. The lowest BCUT2D eigenvalue weighted by atomic mass is 9.62. The number of allylic oxidation sites excluding steroid dienone is 1. The number of fused-ring (bicyclic) bond motifs is 1. The van der Waals surface area contributed by atoms with Crippen molar-refractivity contribution in [3.05, 3.63) is 40.5 Å². The molecule has 1 heteroatoms. The monoisotopic (exact) mass is 284 g/mol. The molecule has 1 unspecified atom stereocenters. The maximum Gasteiger partial charge on any atom is 0.0730 e. The first-order valence-corrected chi connectivity index (χ1v) is 8.25. The third kappa shape index (κ3) is 2.46. The minimum Gasteiger partial charge on any atom is -0.389 e. The van der Waals surface area contributed by atoms with E-state index in [0.717, 1.165) is 12.8 Å². The van der Waals surface area contributed by atoms with Crippen LogP contribution < -0.4 is 0 Å². The first-order chi connectivity index (χ1) is 9.71. The maximum atomic E-state index is 9.80. The van der Waals surface area contributed by atoms with Gasteiger partial charge < -0.3 is 5.11 Å². The van der Waals surface area contributed by atoms with Crippen molar-refractivity contribution in [2.24, 2.45) is 0 Å². The smallest absolute Gasteiger partial charge is 0.0730 e. The van der Waals surface area contributed by atoms with E-state index >= 15 is 0 Å². The van der Waals surface area contributed by atoms with E-state index in [1.165, 1.54) is 40.7 Å². The van der Waals surface area contributed by atoms with Gasteiger partial charge in [-0.1, -0.05) is 45.9 Å². The molecule has 0 heterocycles. The summed E-state index contributed by atoms with van der Waals surface area (Å²) in [6, 6.07) is 4.84. The Kier molecular flexibility index (Phi) is 3.33. The van der Waals surface area contributed by atoms with E-state index < -0.39 is 0 Å². The number of hydrogen-bond acceptors (Lipinski definition) is 1. The zero-order valence-electron chi connectivity index (χ0n) is 14.1. The fourth-order valence-corrected chi connectivity index (χ4v) is 3.99. The van der Waals surface area contributed by atoms with Crippen molar-refractivity contribution in [1.82, 2.24) is 0 Å². The Bertz CT molecular complexity index is 605. The molecule has 1 atom stereocenters. The predicted octanol–water partition coefficient (Wildman–Crippen LogP) is 4.88. The summed E-state index contributed by atoms with van der Waals surface area (Å²) in [5.41, 5.74) is 7.63. The number of rotatable bonds is 1. The maximum absolute atomic E-state index is 9.80. The van der Waals surface area contributed by atoms with Gasteiger partial charge in [-0.05, 0) is 71.3 Å². The number of aliphatic hydroxyl groups excluding tert-OH is 1. The molecule has 1 nitrogen and oxygen atoms in total. The zero-order chi connectivity index (χ0) is 15.4. The van der Waals surface area contributed by atoms with E-state index in [1.54, 1.807) is 0 Å². The topological polar surface area (TPSA) is 20.2 Å². The molecule has 0 amide bonds. The van der Waals surface area contributed by atoms with Gasteiger partial charge in [0.25, 0.3) is 0 Å². The molecule has 3 rings (SSSR count). The second-order valence-corrected chi connectivity index (χ2v) is 8.28. The molecule has 0 radical (unpaired) electrons. The molecule has 114 valence electrons. The van der Waals surface area contributed by atoms with Crippen molar-refractivity contribution in [3.63, 3.8) is 0 Å². The van der Waals surface area contributed by atoms with Crippen LogP contribution in [0.1, 0.15) is 75.6 Å². The lowest BCUT2D eigenvalue weighted by Crippen LogP contribution is -2.34. The van der Waals surface area contributed by atoms with Crippen molar-refractivity contribution in [2.45, 2.75) is 77.2 Å². The predicted molar refractivity (Wildman–Crippen MR) is 89.7 cm³/mol. The molecule has 0 spiro atoms. The minimum atomic E-state index is -0.250. The third-order valence-corrected chi connectivity index (χ3v) is 5.65. The molecular formula is C20H28O. The van der Waals surface area contributed by atoms with Gasteiger partial charge in [-0.3, -0.25) is 0 Å². The van der Waals surface area contributed by atoms with E-state index in [4.69, 9.17) is 0 Å². The van der Waals surface area contributed by atoms with E-state index in [0.29, 0.717) is 0 Å². The molecule has 0 saturated heterocycles. The van der Waals surface area contributed by atoms with Crippen LogP contribution in [0.3, 0.4) is 0 Å². The molecule has 0 saturated carbocycles. The summed E-state index contributed by atoms with van der Waals surface area (Å²) >= 11 is 0. The second kappa shape index (κ2) is 4.71. The molecular weight excluding hydrogens is 256 g/mol. The van der Waals surface area contributed by atoms with Crippen LogP contribution in [0, 0.1) is 6.92 Å². The lowest BCUT2D eigenvalue weighted by Gasteiger charge is -2.42. The van der Waals surface area contributed by atoms with Crippen LogP contribution in [-0.4, -0.2) is 11.2 Å². The van der Waals surface area contributed by atoms with Crippen LogP contribution >= 0.6 is 0 Å². The van der Waals surface area contributed by atoms with E-state index in [-0.39, 0.29) is 16.9 Å². The quantitative estimate of drug-likeness (QED) is 0.779. The minimum absolute atomic E-state index is 0.250. The van der Waals surface area contributed by atoms with Crippen molar-refractivity contribution < 1.29 is 5.11 Å². The number of aryl methyl sites for hydroxylation is 1. The van der Waals surface area contributed by atoms with Crippen molar-refractivity contribution in [3.8, 4) is 0 Å². The molecule has 2 aliphatic carbocycles. The van der Waals surface area contributed by atoms with Crippen LogP contribution in [0.5, 0.6) is 0 Å². The average molecular weight is 284 g/mol. The van der Waals surface area contributed by atoms with Gasteiger partial charge >= 0.3 is 0 Å². The van der Waals surface area contributed by atoms with E-state index in [9.17, 15) is 5.11 Å². The second-order valence-electron chi connectivity index (χ2n) is 8.28. The molecule has 21 heavy (non-hydrogen) atoms. The Morgan fingerprint density at radius 2 is 1.57 bits per heavy atom. The molecule has 1 aromatic rings. The summed E-state index contributed by atoms with van der Waals surface area (Å²) in [7, 11) is 0. The lowest BCUT2D eigenvalue weighted by molar-refractivity contribution is 0.223. The van der Waals surface area contributed by atoms with Crippen molar-refractivity contribution in [1.29, 1.82) is 0 Å². The highest BCUT2D eigenvalue weighted by atomic mass is 16.3. The highest BCUT2D eigenvalue weighted by molar-refractivity contribution is 5.72. The summed E-state index contributed by atoms with van der Waals surface area (Å²) < 4.78 is 0. The number of hydrogen-bond donors (Lipinski definition) is 1. The normalized spacial score (nSPS) is 26.4. The molecule has 1 aromatic carbocycles. The molecule has 0 aliphatic heterocycles. The molecule has 0 bridgehead atoms. The van der Waals surface area contributed by atoms with Crippen LogP contribution in [-0.2, 0) is 10.8 Å². The van der Waals surface area contributed by atoms with Gasteiger partial charge in [0.15, 0.2) is 0 Å². The van der Waals surface area contributed by atoms with Crippen LogP contribution in [0.2, 0.25) is 0 Å². The standard InChI is InChI=1S/C20H28O/c1-13-10-17-18(20(4,5)9-8-19(17,2)3)12-16(13)14-6-7-15(21)11-14/h10-12,15,21H,6-9H2,1-5H3. The van der Waals surface area contributed by atoms with E-state index in [2.05, 4.69) is 52.8 Å². The summed E-state index contributed by atoms with van der Waals surface area (Å²) in [5.74, 6) is 0. The van der Waals surface area contributed by atoms with Gasteiger partial charge in [0, 0.05) is 0 Å². The fraction of sp³-hybridized carbons (Fsp3) is 0.600. The van der Waals surface area contributed by atoms with Crippen molar-refractivity contribution >= 4 is 5.57 Å². The van der Waals surface area contributed by atoms with Crippen LogP contribution in [0.4, 0.5) is 0 Å². The summed E-state index contributed by atoms with van der Waals surface area (Å²) in [4.78, 5) is 0. The van der Waals surface area contributed by atoms with E-state index in [1.807, 2.05) is 0 Å². The van der Waals surface area contributed by atoms with Crippen LogP contribution in [0.15, 0.2) is 18.2 Å². The van der Waals surface area contributed by atoms with Gasteiger partial charge in [-0.15, -0.1) is 0 Å². The largest absolute Gasteiger partial charge is 0.389 e. The van der Waals surface area contributed by atoms with Gasteiger partial charge in [-0.2, -0.15) is 0 Å². The molecule has 1 N–H and O–H groups in total. The number of aliphatic hydroxyl groups is 1. The summed E-state index contributed by atoms with van der Waals surface area (Å²) in [6.45, 7) is 11.7. The van der Waals surface area contributed by atoms with Crippen LogP contribution in [0.25, 0.3) is 5.57 Å². The highest BCUT2D eigenvalue weighted by Gasteiger charge is 2.37. The Hall–Kier alpha value is -1.08. The Morgan fingerprint density at radius 3 is 2.10 bits per heavy atom. The number of benzene rings is 1. The Balaban J connectivity index is 2.17. The molecule has 0 aromatic heterocycles. The average Bonchev–Trinajstić information content (AvgIpc) is 2.81. The van der Waals surface area contributed by atoms with Gasteiger partial charge in [0.2, 0.25) is 0 Å². The third-order valence-electron chi connectivity index (χ3n) is 5.65. The first-order valence-electron chi connectivity index (χ1n) is 8.25. The van der Waals surface area contributed by atoms with Gasteiger partial charge in [-0.25, -0.2) is 0 Å². The molecule has 2 aliphatic rings. The first kappa shape index (κ1) is 14.8. The van der Waals surface area contributed by atoms with Gasteiger partial charge in [0.1, 0.15) is 0 Å². The summed E-state index contributed by atoms with van der Waals surface area (Å²) in [6.07, 6.45) is 6.19. The molecule has 0 fully saturated rings. The Labute approximate surface area is 129 Å². The Morgan fingerprint density at radius 1 is 1.00 bits per heavy atom.